The van der Waals surface area contributed by atoms with E-state index in [9.17, 15) is 0 Å². The number of hydrogen-bond donors (Lipinski definition) is 5. The summed E-state index contributed by atoms with van der Waals surface area (Å²) in [5.41, 5.74) is 5.34. The zero-order valence-corrected chi connectivity index (χ0v) is 12.6. The summed E-state index contributed by atoms with van der Waals surface area (Å²) >= 11 is 0. The second kappa shape index (κ2) is 18.3. The Kier molecular flexibility index (Phi) is 24.1. The van der Waals surface area contributed by atoms with E-state index >= 15 is 0 Å². The van der Waals surface area contributed by atoms with Crippen molar-refractivity contribution in [2.24, 2.45) is 5.73 Å². The number of carboxylic acids is 4. The van der Waals surface area contributed by atoms with E-state index in [1.54, 1.807) is 0 Å². The van der Waals surface area contributed by atoms with Gasteiger partial charge >= 0.3 is 23.9 Å². The van der Waals surface area contributed by atoms with Crippen LogP contribution in [0, 0.1) is 0 Å². The fraction of sp³-hybridized carbons (Fsp3) is 0.600. The van der Waals surface area contributed by atoms with Gasteiger partial charge in [-0.05, 0) is 13.1 Å². The third kappa shape index (κ3) is 27.5. The Morgan fingerprint density at radius 1 is 0.810 bits per heavy atom. The maximum absolute atomic E-state index is 9.10. The molecule has 0 aliphatic heterocycles. The van der Waals surface area contributed by atoms with E-state index in [0.717, 1.165) is 26.2 Å². The van der Waals surface area contributed by atoms with Gasteiger partial charge in [0.2, 0.25) is 0 Å². The smallest absolute Gasteiger partial charge is 0.414 e. The molecule has 0 saturated heterocycles. The molecule has 21 heavy (non-hydrogen) atoms. The number of aliphatic carboxylic acids is 4. The summed E-state index contributed by atoms with van der Waals surface area (Å²) in [5, 5.41) is 29.6. The average molecular weight is 355 g/mol. The molecule has 10 nitrogen and oxygen atoms in total. The predicted octanol–water partition coefficient (Wildman–Crippen LogP) is -1.40. The van der Waals surface area contributed by atoms with Crippen molar-refractivity contribution in [3.8, 4) is 0 Å². The van der Waals surface area contributed by atoms with Crippen LogP contribution in [0.1, 0.15) is 13.8 Å². The van der Waals surface area contributed by atoms with Crippen LogP contribution in [0.5, 0.6) is 0 Å². The SMILES string of the molecule is CCN(CC)CCN.O=C(O)C(=O)O.O=C(O)C(=O)O.[Co]. The summed E-state index contributed by atoms with van der Waals surface area (Å²) in [6.45, 7) is 8.36. The van der Waals surface area contributed by atoms with Crippen LogP contribution in [0.2, 0.25) is 0 Å². The summed E-state index contributed by atoms with van der Waals surface area (Å²) < 4.78 is 0. The Morgan fingerprint density at radius 2 is 1.05 bits per heavy atom. The van der Waals surface area contributed by atoms with Gasteiger partial charge in [-0.15, -0.1) is 0 Å². The van der Waals surface area contributed by atoms with Crippen molar-refractivity contribution in [1.29, 1.82) is 0 Å². The van der Waals surface area contributed by atoms with Gasteiger partial charge in [0.1, 0.15) is 0 Å². The minimum Gasteiger partial charge on any atom is -0.473 e. The van der Waals surface area contributed by atoms with Crippen molar-refractivity contribution in [3.05, 3.63) is 0 Å². The molecule has 6 N–H and O–H groups in total. The van der Waals surface area contributed by atoms with Gasteiger partial charge < -0.3 is 31.1 Å². The molecule has 0 aromatic carbocycles. The van der Waals surface area contributed by atoms with Crippen molar-refractivity contribution in [1.82, 2.24) is 4.90 Å². The van der Waals surface area contributed by atoms with Gasteiger partial charge in [0.05, 0.1) is 0 Å². The van der Waals surface area contributed by atoms with Crippen LogP contribution in [0.25, 0.3) is 0 Å². The van der Waals surface area contributed by atoms with Crippen molar-refractivity contribution in [3.63, 3.8) is 0 Å². The quantitative estimate of drug-likeness (QED) is 0.376. The first kappa shape index (κ1) is 27.6. The van der Waals surface area contributed by atoms with E-state index in [0.29, 0.717) is 0 Å². The van der Waals surface area contributed by atoms with E-state index in [4.69, 9.17) is 45.3 Å². The second-order valence-electron chi connectivity index (χ2n) is 3.04. The third-order valence-electron chi connectivity index (χ3n) is 1.71. The first-order valence-corrected chi connectivity index (χ1v) is 5.48. The van der Waals surface area contributed by atoms with E-state index in [1.165, 1.54) is 0 Å². The zero-order valence-electron chi connectivity index (χ0n) is 11.6. The molecule has 0 atom stereocenters. The van der Waals surface area contributed by atoms with Crippen molar-refractivity contribution in [2.45, 2.75) is 13.8 Å². The minimum atomic E-state index is -1.82. The standard InChI is InChI=1S/C6H16N2.2C2H2O4.Co/c1-3-8(4-2)6-5-7;2*3-1(4)2(5)6;/h3-7H2,1-2H3;2*(H,3,4)(H,5,6);. The summed E-state index contributed by atoms with van der Waals surface area (Å²) in [5.74, 6) is -7.30. The first-order valence-electron chi connectivity index (χ1n) is 5.48. The van der Waals surface area contributed by atoms with E-state index < -0.39 is 23.9 Å². The third-order valence-corrected chi connectivity index (χ3v) is 1.71. The second-order valence-corrected chi connectivity index (χ2v) is 3.04. The van der Waals surface area contributed by atoms with Gasteiger partial charge in [-0.1, -0.05) is 13.8 Å². The minimum absolute atomic E-state index is 0. The molecular weight excluding hydrogens is 335 g/mol. The van der Waals surface area contributed by atoms with Crippen molar-refractivity contribution < 1.29 is 56.4 Å². The first-order chi connectivity index (χ1) is 9.13. The van der Waals surface area contributed by atoms with Gasteiger partial charge in [0.15, 0.2) is 0 Å². The number of rotatable bonds is 4. The molecule has 0 rings (SSSR count). The molecule has 0 aromatic heterocycles. The number of carboxylic acid groups (broad SMARTS) is 4. The van der Waals surface area contributed by atoms with Crippen molar-refractivity contribution in [2.75, 3.05) is 26.2 Å². The molecule has 0 saturated carbocycles. The Hall–Kier alpha value is -1.69. The summed E-state index contributed by atoms with van der Waals surface area (Å²) in [6, 6.07) is 0. The molecule has 127 valence electrons. The average Bonchev–Trinajstić information content (AvgIpc) is 2.37. The van der Waals surface area contributed by atoms with Gasteiger partial charge in [-0.2, -0.15) is 0 Å². The van der Waals surface area contributed by atoms with Crippen molar-refractivity contribution >= 4 is 23.9 Å². The van der Waals surface area contributed by atoms with Crippen LogP contribution >= 0.6 is 0 Å². The topological polar surface area (TPSA) is 178 Å². The molecule has 0 fully saturated rings. The normalized spacial score (nSPS) is 8.19. The number of likely N-dealkylation sites (N-methyl/N-ethyl adjacent to an activating group) is 1. The molecule has 0 aliphatic rings. The van der Waals surface area contributed by atoms with Crippen LogP contribution < -0.4 is 5.73 Å². The Balaban J connectivity index is -0.000000102. The number of hydrogen-bond acceptors (Lipinski definition) is 6. The van der Waals surface area contributed by atoms with E-state index in [-0.39, 0.29) is 16.8 Å². The van der Waals surface area contributed by atoms with Gasteiger partial charge in [0, 0.05) is 29.9 Å². The molecular formula is C10H20CoN2O8. The molecule has 1 radical (unpaired) electrons. The van der Waals surface area contributed by atoms with Crippen LogP contribution in [0.3, 0.4) is 0 Å². The maximum Gasteiger partial charge on any atom is 0.414 e. The van der Waals surface area contributed by atoms with Gasteiger partial charge in [-0.3, -0.25) is 0 Å². The van der Waals surface area contributed by atoms with Crippen LogP contribution in [0.4, 0.5) is 0 Å². The molecule has 0 amide bonds. The molecule has 0 aromatic rings. The number of carbonyl (C=O) groups is 4. The molecule has 0 heterocycles. The van der Waals surface area contributed by atoms with E-state index in [1.807, 2.05) is 0 Å². The summed E-state index contributed by atoms with van der Waals surface area (Å²) in [7, 11) is 0. The molecule has 0 unspecified atom stereocenters. The van der Waals surface area contributed by atoms with Gasteiger partial charge in [-0.25, -0.2) is 19.2 Å². The molecule has 0 aliphatic carbocycles. The summed E-state index contributed by atoms with van der Waals surface area (Å²) in [6.07, 6.45) is 0. The van der Waals surface area contributed by atoms with Crippen LogP contribution in [0.15, 0.2) is 0 Å². The van der Waals surface area contributed by atoms with Gasteiger partial charge in [0.25, 0.3) is 0 Å². The number of nitrogens with two attached hydrogens (primary N) is 1. The van der Waals surface area contributed by atoms with Crippen LogP contribution in [-0.2, 0) is 36.0 Å². The fourth-order valence-electron chi connectivity index (χ4n) is 0.722. The largest absolute Gasteiger partial charge is 0.473 e. The molecule has 0 spiro atoms. The Labute approximate surface area is 131 Å². The molecule has 11 heteroatoms. The maximum atomic E-state index is 9.10. The Bertz CT molecular complexity index is 272. The monoisotopic (exact) mass is 355 g/mol. The van der Waals surface area contributed by atoms with E-state index in [2.05, 4.69) is 18.7 Å². The summed E-state index contributed by atoms with van der Waals surface area (Å²) in [4.78, 5) is 38.7. The molecule has 0 bridgehead atoms. The Morgan fingerprint density at radius 3 is 1.10 bits per heavy atom. The zero-order chi connectivity index (χ0) is 16.7. The van der Waals surface area contributed by atoms with Crippen LogP contribution in [-0.4, -0.2) is 75.4 Å². The fourth-order valence-corrected chi connectivity index (χ4v) is 0.722. The predicted molar refractivity (Wildman–Crippen MR) is 67.4 cm³/mol. The number of nitrogens with zero attached hydrogens (tertiary/aromatic N) is 1.